The average Bonchev–Trinajstić information content (AvgIpc) is 2.85. The first-order valence-corrected chi connectivity index (χ1v) is 7.25. The second-order valence-electron chi connectivity index (χ2n) is 5.66. The zero-order valence-electron chi connectivity index (χ0n) is 12.3. The van der Waals surface area contributed by atoms with Gasteiger partial charge in [-0.1, -0.05) is 29.8 Å². The second kappa shape index (κ2) is 4.90. The molecule has 0 aliphatic rings. The molecule has 3 heteroatoms. The Kier molecular flexibility index (Phi) is 3.31. The summed E-state index contributed by atoms with van der Waals surface area (Å²) < 4.78 is 5.80. The van der Waals surface area contributed by atoms with Crippen LogP contribution >= 0.6 is 11.6 Å². The van der Waals surface area contributed by atoms with E-state index in [-0.39, 0.29) is 0 Å². The molecule has 0 fully saturated rings. The Balaban J connectivity index is 2.12. The lowest BCUT2D eigenvalue weighted by Crippen LogP contribution is -2.22. The summed E-state index contributed by atoms with van der Waals surface area (Å²) in [5.41, 5.74) is 2.70. The van der Waals surface area contributed by atoms with E-state index < -0.39 is 5.60 Å². The van der Waals surface area contributed by atoms with Crippen molar-refractivity contribution in [2.75, 3.05) is 0 Å². The third kappa shape index (κ3) is 2.45. The molecule has 0 saturated carbocycles. The molecular formula is C18H17ClO2. The van der Waals surface area contributed by atoms with E-state index in [9.17, 15) is 5.11 Å². The van der Waals surface area contributed by atoms with Crippen LogP contribution in [0.3, 0.4) is 0 Å². The van der Waals surface area contributed by atoms with E-state index in [0.717, 1.165) is 22.1 Å². The third-order valence-electron chi connectivity index (χ3n) is 4.03. The molecule has 3 rings (SSSR count). The number of aliphatic hydroxyl groups is 1. The van der Waals surface area contributed by atoms with Crippen molar-refractivity contribution in [3.8, 4) is 0 Å². The van der Waals surface area contributed by atoms with Gasteiger partial charge in [0.15, 0.2) is 0 Å². The van der Waals surface area contributed by atoms with E-state index in [2.05, 4.69) is 6.92 Å². The number of hydrogen-bond acceptors (Lipinski definition) is 2. The summed E-state index contributed by atoms with van der Waals surface area (Å²) in [5.74, 6) is 0.517. The Morgan fingerprint density at radius 1 is 1.00 bits per heavy atom. The minimum absolute atomic E-state index is 0.517. The molecule has 21 heavy (non-hydrogen) atoms. The van der Waals surface area contributed by atoms with Crippen molar-refractivity contribution in [3.05, 3.63) is 69.9 Å². The van der Waals surface area contributed by atoms with Crippen LogP contribution in [0, 0.1) is 13.8 Å². The van der Waals surface area contributed by atoms with E-state index in [4.69, 9.17) is 16.0 Å². The molecule has 1 atom stereocenters. The predicted molar refractivity (Wildman–Crippen MR) is 85.8 cm³/mol. The van der Waals surface area contributed by atoms with Crippen molar-refractivity contribution in [2.45, 2.75) is 26.4 Å². The van der Waals surface area contributed by atoms with Gasteiger partial charge in [-0.2, -0.15) is 0 Å². The van der Waals surface area contributed by atoms with Crippen LogP contribution in [-0.2, 0) is 5.60 Å². The Hall–Kier alpha value is -1.77. The van der Waals surface area contributed by atoms with Gasteiger partial charge in [-0.3, -0.25) is 0 Å². The van der Waals surface area contributed by atoms with Gasteiger partial charge in [0.2, 0.25) is 0 Å². The zero-order chi connectivity index (χ0) is 15.2. The van der Waals surface area contributed by atoms with Crippen molar-refractivity contribution >= 4 is 22.6 Å². The summed E-state index contributed by atoms with van der Waals surface area (Å²) in [6, 6.07) is 13.2. The lowest BCUT2D eigenvalue weighted by Gasteiger charge is -2.22. The molecule has 0 amide bonds. The van der Waals surface area contributed by atoms with Crippen LogP contribution < -0.4 is 0 Å². The topological polar surface area (TPSA) is 33.4 Å². The largest absolute Gasteiger partial charge is 0.458 e. The Labute approximate surface area is 129 Å². The van der Waals surface area contributed by atoms with Gasteiger partial charge in [-0.05, 0) is 61.7 Å². The molecule has 0 aliphatic heterocycles. The van der Waals surface area contributed by atoms with E-state index >= 15 is 0 Å². The molecule has 0 bridgehead atoms. The molecule has 2 nitrogen and oxygen atoms in total. The second-order valence-corrected chi connectivity index (χ2v) is 6.10. The number of benzene rings is 2. The quantitative estimate of drug-likeness (QED) is 0.725. The zero-order valence-corrected chi connectivity index (χ0v) is 13.0. The van der Waals surface area contributed by atoms with Crippen LogP contribution in [0.2, 0.25) is 5.02 Å². The summed E-state index contributed by atoms with van der Waals surface area (Å²) in [4.78, 5) is 0. The molecule has 0 spiro atoms. The molecule has 0 saturated heterocycles. The molecular weight excluding hydrogens is 284 g/mol. The molecule has 0 aliphatic carbocycles. The van der Waals surface area contributed by atoms with Gasteiger partial charge in [0.05, 0.1) is 0 Å². The van der Waals surface area contributed by atoms with Gasteiger partial charge in [0, 0.05) is 10.4 Å². The molecule has 1 unspecified atom stereocenters. The van der Waals surface area contributed by atoms with Crippen LogP contribution in [0.4, 0.5) is 0 Å². The number of rotatable bonds is 2. The van der Waals surface area contributed by atoms with Crippen LogP contribution in [0.25, 0.3) is 11.0 Å². The first-order valence-electron chi connectivity index (χ1n) is 6.87. The number of aryl methyl sites for hydroxylation is 2. The number of hydrogen-bond donors (Lipinski definition) is 1. The smallest absolute Gasteiger partial charge is 0.144 e. The number of fused-ring (bicyclic) bond motifs is 1. The average molecular weight is 301 g/mol. The Morgan fingerprint density at radius 3 is 2.48 bits per heavy atom. The summed E-state index contributed by atoms with van der Waals surface area (Å²) in [7, 11) is 0. The van der Waals surface area contributed by atoms with Crippen molar-refractivity contribution in [2.24, 2.45) is 0 Å². The molecule has 2 aromatic carbocycles. The Bertz CT molecular complexity index is 815. The van der Waals surface area contributed by atoms with Gasteiger partial charge < -0.3 is 9.52 Å². The van der Waals surface area contributed by atoms with E-state index in [1.165, 1.54) is 5.56 Å². The van der Waals surface area contributed by atoms with E-state index in [1.54, 1.807) is 13.0 Å². The van der Waals surface area contributed by atoms with E-state index in [0.29, 0.717) is 10.8 Å². The minimum atomic E-state index is -1.18. The van der Waals surface area contributed by atoms with E-state index in [1.807, 2.05) is 43.3 Å². The predicted octanol–water partition coefficient (Wildman–Crippen LogP) is 4.96. The van der Waals surface area contributed by atoms with Gasteiger partial charge in [-0.15, -0.1) is 0 Å². The highest BCUT2D eigenvalue weighted by atomic mass is 35.5. The molecule has 108 valence electrons. The summed E-state index contributed by atoms with van der Waals surface area (Å²) in [5, 5.41) is 12.5. The van der Waals surface area contributed by atoms with Crippen molar-refractivity contribution in [1.82, 2.24) is 0 Å². The lowest BCUT2D eigenvalue weighted by atomic mass is 9.91. The first-order chi connectivity index (χ1) is 9.88. The Morgan fingerprint density at radius 2 is 1.76 bits per heavy atom. The maximum atomic E-state index is 10.9. The summed E-state index contributed by atoms with van der Waals surface area (Å²) in [6.45, 7) is 5.83. The number of furan rings is 1. The molecule has 0 radical (unpaired) electrons. The van der Waals surface area contributed by atoms with Gasteiger partial charge in [0.1, 0.15) is 16.9 Å². The lowest BCUT2D eigenvalue weighted by molar-refractivity contribution is 0.0786. The summed E-state index contributed by atoms with van der Waals surface area (Å²) in [6.07, 6.45) is 0. The highest BCUT2D eigenvalue weighted by Crippen LogP contribution is 2.34. The summed E-state index contributed by atoms with van der Waals surface area (Å²) >= 11 is 5.99. The van der Waals surface area contributed by atoms with Gasteiger partial charge in [0.25, 0.3) is 0 Å². The standard InChI is InChI=1S/C18H17ClO2/c1-11-4-5-14(8-12(11)2)18(3,20)17-10-13-9-15(19)6-7-16(13)21-17/h4-10,20H,1-3H3. The highest BCUT2D eigenvalue weighted by molar-refractivity contribution is 6.31. The molecule has 1 aromatic heterocycles. The van der Waals surface area contributed by atoms with Crippen LogP contribution in [-0.4, -0.2) is 5.11 Å². The van der Waals surface area contributed by atoms with Crippen LogP contribution in [0.5, 0.6) is 0 Å². The van der Waals surface area contributed by atoms with Crippen molar-refractivity contribution in [1.29, 1.82) is 0 Å². The third-order valence-corrected chi connectivity index (χ3v) is 4.26. The number of halogens is 1. The van der Waals surface area contributed by atoms with Gasteiger partial charge in [-0.25, -0.2) is 0 Å². The SMILES string of the molecule is Cc1ccc(C(C)(O)c2cc3cc(Cl)ccc3o2)cc1C. The molecule has 1 N–H and O–H groups in total. The van der Waals surface area contributed by atoms with Crippen molar-refractivity contribution in [3.63, 3.8) is 0 Å². The first kappa shape index (κ1) is 14.2. The fraction of sp³-hybridized carbons (Fsp3) is 0.222. The minimum Gasteiger partial charge on any atom is -0.458 e. The maximum absolute atomic E-state index is 10.9. The molecule has 3 aromatic rings. The normalized spacial score (nSPS) is 14.3. The monoisotopic (exact) mass is 300 g/mol. The van der Waals surface area contributed by atoms with Crippen LogP contribution in [0.1, 0.15) is 29.4 Å². The highest BCUT2D eigenvalue weighted by Gasteiger charge is 2.30. The fourth-order valence-corrected chi connectivity index (χ4v) is 2.62. The fourth-order valence-electron chi connectivity index (χ4n) is 2.44. The molecule has 1 heterocycles. The van der Waals surface area contributed by atoms with Crippen LogP contribution in [0.15, 0.2) is 46.9 Å². The van der Waals surface area contributed by atoms with Crippen molar-refractivity contribution < 1.29 is 9.52 Å². The van der Waals surface area contributed by atoms with Gasteiger partial charge >= 0.3 is 0 Å². The maximum Gasteiger partial charge on any atom is 0.144 e.